The molecule has 0 spiro atoms. The van der Waals surface area contributed by atoms with Gasteiger partial charge in [0.05, 0.1) is 17.3 Å². The van der Waals surface area contributed by atoms with E-state index in [2.05, 4.69) is 10.3 Å². The van der Waals surface area contributed by atoms with E-state index in [1.165, 1.54) is 0 Å². The number of hydrogen-bond donors (Lipinski definition) is 1. The van der Waals surface area contributed by atoms with Crippen molar-refractivity contribution in [3.8, 4) is 22.6 Å². The lowest BCUT2D eigenvalue weighted by Crippen LogP contribution is -2.21. The van der Waals surface area contributed by atoms with Gasteiger partial charge in [0.25, 0.3) is 5.91 Å². The molecule has 6 nitrogen and oxygen atoms in total. The lowest BCUT2D eigenvalue weighted by molar-refractivity contribution is -0.119. The van der Waals surface area contributed by atoms with E-state index >= 15 is 0 Å². The van der Waals surface area contributed by atoms with Gasteiger partial charge in [0.1, 0.15) is 5.69 Å². The van der Waals surface area contributed by atoms with Gasteiger partial charge in [-0.25, -0.2) is 9.78 Å². The number of nitrogens with zero attached hydrogens (tertiary/aromatic N) is 1. The fourth-order valence-electron chi connectivity index (χ4n) is 3.75. The Kier molecular flexibility index (Phi) is 5.86. The summed E-state index contributed by atoms with van der Waals surface area (Å²) < 4.78 is 10.8. The molecule has 34 heavy (non-hydrogen) atoms. The van der Waals surface area contributed by atoms with E-state index in [1.807, 2.05) is 72.8 Å². The molecule has 0 aliphatic heterocycles. The van der Waals surface area contributed by atoms with Gasteiger partial charge in [0.15, 0.2) is 12.4 Å². The highest BCUT2D eigenvalue weighted by Gasteiger charge is 2.18. The molecule has 6 heteroatoms. The SMILES string of the molecule is O=C(COC(=O)c1cc(-c2ccco2)nc2ccccc12)Nc1ccccc1-c1ccccc1. The van der Waals surface area contributed by atoms with Gasteiger partial charge in [-0.15, -0.1) is 0 Å². The Labute approximate surface area is 195 Å². The summed E-state index contributed by atoms with van der Waals surface area (Å²) in [6, 6.07) is 29.6. The minimum Gasteiger partial charge on any atom is -0.463 e. The summed E-state index contributed by atoms with van der Waals surface area (Å²) in [4.78, 5) is 30.2. The van der Waals surface area contributed by atoms with E-state index in [0.717, 1.165) is 11.1 Å². The highest BCUT2D eigenvalue weighted by molar-refractivity contribution is 6.05. The van der Waals surface area contributed by atoms with Crippen LogP contribution in [0.4, 0.5) is 5.69 Å². The van der Waals surface area contributed by atoms with Crippen LogP contribution in [0.15, 0.2) is 108 Å². The number of benzene rings is 3. The molecule has 0 bridgehead atoms. The third-order valence-corrected chi connectivity index (χ3v) is 5.33. The predicted molar refractivity (Wildman–Crippen MR) is 130 cm³/mol. The number of fused-ring (bicyclic) bond motifs is 1. The van der Waals surface area contributed by atoms with Crippen molar-refractivity contribution >= 4 is 28.5 Å². The molecule has 5 rings (SSSR count). The summed E-state index contributed by atoms with van der Waals surface area (Å²) in [6.45, 7) is -0.422. The Morgan fingerprint density at radius 3 is 2.44 bits per heavy atom. The number of amides is 1. The monoisotopic (exact) mass is 448 g/mol. The molecule has 0 saturated heterocycles. The third kappa shape index (κ3) is 4.42. The number of anilines is 1. The van der Waals surface area contributed by atoms with Crippen LogP contribution in [0.3, 0.4) is 0 Å². The van der Waals surface area contributed by atoms with Crippen molar-refractivity contribution in [2.45, 2.75) is 0 Å². The Balaban J connectivity index is 1.34. The maximum absolute atomic E-state index is 13.0. The number of hydrogen-bond acceptors (Lipinski definition) is 5. The molecule has 0 fully saturated rings. The van der Waals surface area contributed by atoms with E-state index in [1.54, 1.807) is 30.5 Å². The lowest BCUT2D eigenvalue weighted by atomic mass is 10.0. The van der Waals surface area contributed by atoms with Crippen LogP contribution in [-0.4, -0.2) is 23.5 Å². The van der Waals surface area contributed by atoms with Gasteiger partial charge >= 0.3 is 5.97 Å². The molecule has 0 aliphatic carbocycles. The number of furan rings is 1. The first-order chi connectivity index (χ1) is 16.7. The zero-order valence-electron chi connectivity index (χ0n) is 18.1. The number of carbonyl (C=O) groups is 2. The number of rotatable bonds is 6. The largest absolute Gasteiger partial charge is 0.463 e. The molecule has 0 unspecified atom stereocenters. The molecule has 0 aliphatic rings. The van der Waals surface area contributed by atoms with Gasteiger partial charge in [-0.05, 0) is 35.9 Å². The molecule has 1 amide bonds. The van der Waals surface area contributed by atoms with E-state index in [-0.39, 0.29) is 0 Å². The normalized spacial score (nSPS) is 10.7. The Hall–Kier alpha value is -4.71. The van der Waals surface area contributed by atoms with Crippen molar-refractivity contribution in [1.82, 2.24) is 4.98 Å². The molecular weight excluding hydrogens is 428 g/mol. The van der Waals surface area contributed by atoms with Crippen molar-refractivity contribution in [3.63, 3.8) is 0 Å². The topological polar surface area (TPSA) is 81.4 Å². The fourth-order valence-corrected chi connectivity index (χ4v) is 3.75. The van der Waals surface area contributed by atoms with Crippen molar-refractivity contribution < 1.29 is 18.7 Å². The first-order valence-electron chi connectivity index (χ1n) is 10.7. The maximum atomic E-state index is 13.0. The standard InChI is InChI=1S/C28H20N2O4/c31-27(30-23-13-6-4-11-20(23)19-9-2-1-3-10-19)18-34-28(32)22-17-25(26-15-8-16-33-26)29-24-14-7-5-12-21(22)24/h1-17H,18H2,(H,30,31). The minimum atomic E-state index is -0.613. The molecule has 0 atom stereocenters. The maximum Gasteiger partial charge on any atom is 0.339 e. The van der Waals surface area contributed by atoms with E-state index in [9.17, 15) is 9.59 Å². The van der Waals surface area contributed by atoms with Gasteiger partial charge in [-0.2, -0.15) is 0 Å². The van der Waals surface area contributed by atoms with Crippen molar-refractivity contribution in [2.75, 3.05) is 11.9 Å². The number of esters is 1. The van der Waals surface area contributed by atoms with Crippen LogP contribution >= 0.6 is 0 Å². The number of ether oxygens (including phenoxy) is 1. The summed E-state index contributed by atoms with van der Waals surface area (Å²) in [5, 5.41) is 3.48. The Bertz CT molecular complexity index is 1460. The summed E-state index contributed by atoms with van der Waals surface area (Å²) in [6.07, 6.45) is 1.54. The zero-order chi connectivity index (χ0) is 23.3. The number of nitrogens with one attached hydrogen (secondary N) is 1. The average molecular weight is 448 g/mol. The average Bonchev–Trinajstić information content (AvgIpc) is 3.43. The lowest BCUT2D eigenvalue weighted by Gasteiger charge is -2.12. The molecular formula is C28H20N2O4. The van der Waals surface area contributed by atoms with Gasteiger partial charge in [0, 0.05) is 16.6 Å². The number of pyridine rings is 1. The fraction of sp³-hybridized carbons (Fsp3) is 0.0357. The molecule has 166 valence electrons. The second-order valence-electron chi connectivity index (χ2n) is 7.59. The van der Waals surface area contributed by atoms with Crippen LogP contribution in [0.25, 0.3) is 33.5 Å². The van der Waals surface area contributed by atoms with Crippen LogP contribution in [-0.2, 0) is 9.53 Å². The number of para-hydroxylation sites is 2. The molecule has 5 aromatic rings. The van der Waals surface area contributed by atoms with Gasteiger partial charge in [-0.3, -0.25) is 4.79 Å². The van der Waals surface area contributed by atoms with E-state index in [4.69, 9.17) is 9.15 Å². The number of aromatic nitrogens is 1. The second-order valence-corrected chi connectivity index (χ2v) is 7.59. The molecule has 0 saturated carbocycles. The van der Waals surface area contributed by atoms with Gasteiger partial charge < -0.3 is 14.5 Å². The quantitative estimate of drug-likeness (QED) is 0.324. The van der Waals surface area contributed by atoms with Crippen LogP contribution in [0.5, 0.6) is 0 Å². The van der Waals surface area contributed by atoms with E-state index < -0.39 is 18.5 Å². The highest BCUT2D eigenvalue weighted by Crippen LogP contribution is 2.28. The molecule has 1 N–H and O–H groups in total. The van der Waals surface area contributed by atoms with Crippen molar-refractivity contribution in [1.29, 1.82) is 0 Å². The molecule has 2 heterocycles. The number of carbonyl (C=O) groups excluding carboxylic acids is 2. The zero-order valence-corrected chi connectivity index (χ0v) is 18.1. The first kappa shape index (κ1) is 21.2. The Morgan fingerprint density at radius 1 is 0.853 bits per heavy atom. The van der Waals surface area contributed by atoms with Crippen LogP contribution < -0.4 is 5.32 Å². The van der Waals surface area contributed by atoms with Crippen molar-refractivity contribution in [3.05, 3.63) is 109 Å². The third-order valence-electron chi connectivity index (χ3n) is 5.33. The molecule has 3 aromatic carbocycles. The van der Waals surface area contributed by atoms with Gasteiger partial charge in [0.2, 0.25) is 0 Å². The summed E-state index contributed by atoms with van der Waals surface area (Å²) in [5.74, 6) is -0.505. The smallest absolute Gasteiger partial charge is 0.339 e. The van der Waals surface area contributed by atoms with E-state index in [0.29, 0.717) is 33.6 Å². The summed E-state index contributed by atoms with van der Waals surface area (Å²) in [7, 11) is 0. The second kappa shape index (κ2) is 9.42. The van der Waals surface area contributed by atoms with Crippen LogP contribution in [0.2, 0.25) is 0 Å². The molecule has 0 radical (unpaired) electrons. The van der Waals surface area contributed by atoms with Crippen LogP contribution in [0.1, 0.15) is 10.4 Å². The van der Waals surface area contributed by atoms with Gasteiger partial charge in [-0.1, -0.05) is 66.7 Å². The molecule has 2 aromatic heterocycles. The Morgan fingerprint density at radius 2 is 1.62 bits per heavy atom. The summed E-state index contributed by atoms with van der Waals surface area (Å²) in [5.41, 5.74) is 3.95. The van der Waals surface area contributed by atoms with Crippen LogP contribution in [0, 0.1) is 0 Å². The van der Waals surface area contributed by atoms with Crippen molar-refractivity contribution in [2.24, 2.45) is 0 Å². The summed E-state index contributed by atoms with van der Waals surface area (Å²) >= 11 is 0. The highest BCUT2D eigenvalue weighted by atomic mass is 16.5. The minimum absolute atomic E-state index is 0.314. The first-order valence-corrected chi connectivity index (χ1v) is 10.7. The predicted octanol–water partition coefficient (Wildman–Crippen LogP) is 5.96.